The van der Waals surface area contributed by atoms with Crippen molar-refractivity contribution in [2.45, 2.75) is 20.5 Å². The maximum Gasteiger partial charge on any atom is 0.437 e. The minimum Gasteiger partial charge on any atom is -0.443 e. The fourth-order valence-corrected chi connectivity index (χ4v) is 1.61. The Balaban J connectivity index is 2.07. The van der Waals surface area contributed by atoms with Crippen LogP contribution in [0.3, 0.4) is 0 Å². The minimum absolute atomic E-state index is 0.120. The average Bonchev–Trinajstić information content (AvgIpc) is 2.94. The van der Waals surface area contributed by atoms with Crippen LogP contribution in [0.15, 0.2) is 36.5 Å². The molecule has 2 aromatic rings. The summed E-state index contributed by atoms with van der Waals surface area (Å²) >= 11 is 0. The topological polar surface area (TPSA) is 74.1 Å². The molecule has 0 bridgehead atoms. The first-order valence-corrected chi connectivity index (χ1v) is 6.25. The SMILES string of the molecule is CC(C)C(=O)c1cnnn1C(=O)OCc1ccccc1. The van der Waals surface area contributed by atoms with Crippen molar-refractivity contribution in [3.63, 3.8) is 0 Å². The summed E-state index contributed by atoms with van der Waals surface area (Å²) in [6.45, 7) is 3.61. The smallest absolute Gasteiger partial charge is 0.437 e. The van der Waals surface area contributed by atoms with E-state index in [0.717, 1.165) is 10.2 Å². The molecule has 0 aliphatic heterocycles. The van der Waals surface area contributed by atoms with Crippen molar-refractivity contribution >= 4 is 11.9 Å². The first kappa shape index (κ1) is 13.9. The van der Waals surface area contributed by atoms with Crippen LogP contribution in [-0.2, 0) is 11.3 Å². The Morgan fingerprint density at radius 3 is 2.60 bits per heavy atom. The molecule has 0 amide bonds. The van der Waals surface area contributed by atoms with Gasteiger partial charge in [0.15, 0.2) is 5.78 Å². The third kappa shape index (κ3) is 3.09. The van der Waals surface area contributed by atoms with Crippen LogP contribution in [0.1, 0.15) is 29.9 Å². The number of Topliss-reactive ketones (excluding diaryl/α,β-unsaturated/α-hetero) is 1. The Labute approximate surface area is 116 Å². The molecular weight excluding hydrogens is 258 g/mol. The maximum atomic E-state index is 11.9. The van der Waals surface area contributed by atoms with E-state index in [1.165, 1.54) is 6.20 Å². The summed E-state index contributed by atoms with van der Waals surface area (Å²) in [5, 5.41) is 7.20. The number of ketones is 1. The molecule has 104 valence electrons. The molecule has 1 heterocycles. The minimum atomic E-state index is -0.713. The Morgan fingerprint density at radius 2 is 1.95 bits per heavy atom. The van der Waals surface area contributed by atoms with Gasteiger partial charge in [0.1, 0.15) is 12.3 Å². The Kier molecular flexibility index (Phi) is 4.24. The molecule has 0 saturated carbocycles. The van der Waals surface area contributed by atoms with Gasteiger partial charge in [-0.15, -0.1) is 9.78 Å². The van der Waals surface area contributed by atoms with Crippen LogP contribution in [0.4, 0.5) is 4.79 Å². The van der Waals surface area contributed by atoms with E-state index in [0.29, 0.717) is 0 Å². The number of benzene rings is 1. The van der Waals surface area contributed by atoms with Crippen LogP contribution < -0.4 is 0 Å². The highest BCUT2D eigenvalue weighted by Gasteiger charge is 2.21. The Hall–Kier alpha value is -2.50. The zero-order chi connectivity index (χ0) is 14.5. The van der Waals surface area contributed by atoms with Gasteiger partial charge in [-0.25, -0.2) is 4.79 Å². The van der Waals surface area contributed by atoms with Crippen LogP contribution in [0.2, 0.25) is 0 Å². The zero-order valence-electron chi connectivity index (χ0n) is 11.3. The number of ether oxygens (including phenoxy) is 1. The standard InChI is InChI=1S/C14H15N3O3/c1-10(2)13(18)12-8-15-16-17(12)14(19)20-9-11-6-4-3-5-7-11/h3-8,10H,9H2,1-2H3. The molecule has 20 heavy (non-hydrogen) atoms. The summed E-state index contributed by atoms with van der Waals surface area (Å²) < 4.78 is 6.01. The van der Waals surface area contributed by atoms with Crippen LogP contribution in [-0.4, -0.2) is 26.9 Å². The van der Waals surface area contributed by atoms with Gasteiger partial charge in [0.2, 0.25) is 0 Å². The van der Waals surface area contributed by atoms with Crippen molar-refractivity contribution in [3.8, 4) is 0 Å². The lowest BCUT2D eigenvalue weighted by Gasteiger charge is -2.07. The van der Waals surface area contributed by atoms with Crippen LogP contribution in [0.25, 0.3) is 0 Å². The first-order chi connectivity index (χ1) is 9.59. The number of carbonyl (C=O) groups is 2. The quantitative estimate of drug-likeness (QED) is 0.799. The monoisotopic (exact) mass is 273 g/mol. The van der Waals surface area contributed by atoms with Crippen molar-refractivity contribution in [1.82, 2.24) is 15.0 Å². The maximum absolute atomic E-state index is 11.9. The molecule has 2 rings (SSSR count). The van der Waals surface area contributed by atoms with Gasteiger partial charge in [-0.1, -0.05) is 49.4 Å². The van der Waals surface area contributed by atoms with Crippen LogP contribution >= 0.6 is 0 Å². The van der Waals surface area contributed by atoms with Gasteiger partial charge in [0.25, 0.3) is 0 Å². The molecule has 0 aliphatic carbocycles. The van der Waals surface area contributed by atoms with Crippen molar-refractivity contribution < 1.29 is 14.3 Å². The van der Waals surface area contributed by atoms with Gasteiger partial charge >= 0.3 is 6.09 Å². The molecule has 0 N–H and O–H groups in total. The predicted octanol–water partition coefficient (Wildman–Crippen LogP) is 2.30. The van der Waals surface area contributed by atoms with Crippen molar-refractivity contribution in [1.29, 1.82) is 0 Å². The molecule has 0 atom stereocenters. The first-order valence-electron chi connectivity index (χ1n) is 6.25. The number of hydrogen-bond donors (Lipinski definition) is 0. The van der Waals surface area contributed by atoms with Gasteiger partial charge in [-0.3, -0.25) is 4.79 Å². The highest BCUT2D eigenvalue weighted by atomic mass is 16.6. The molecule has 0 aliphatic rings. The molecule has 0 radical (unpaired) electrons. The van der Waals surface area contributed by atoms with Crippen molar-refractivity contribution in [2.24, 2.45) is 5.92 Å². The fourth-order valence-electron chi connectivity index (χ4n) is 1.61. The second-order valence-electron chi connectivity index (χ2n) is 4.59. The normalized spacial score (nSPS) is 10.6. The van der Waals surface area contributed by atoms with Gasteiger partial charge in [-0.05, 0) is 5.56 Å². The number of aromatic nitrogens is 3. The number of carbonyl (C=O) groups excluding carboxylic acids is 2. The number of rotatable bonds is 4. The lowest BCUT2D eigenvalue weighted by molar-refractivity contribution is 0.0919. The Morgan fingerprint density at radius 1 is 1.25 bits per heavy atom. The van der Waals surface area contributed by atoms with Gasteiger partial charge in [0, 0.05) is 5.92 Å². The second kappa shape index (κ2) is 6.10. The lowest BCUT2D eigenvalue weighted by atomic mass is 10.1. The third-order valence-electron chi connectivity index (χ3n) is 2.70. The van der Waals surface area contributed by atoms with E-state index < -0.39 is 6.09 Å². The van der Waals surface area contributed by atoms with Crippen molar-refractivity contribution in [3.05, 3.63) is 47.8 Å². The molecule has 0 unspecified atom stereocenters. The summed E-state index contributed by atoms with van der Waals surface area (Å²) in [4.78, 5) is 23.8. The molecule has 0 spiro atoms. The van der Waals surface area contributed by atoms with Crippen LogP contribution in [0, 0.1) is 5.92 Å². The van der Waals surface area contributed by atoms with Crippen LogP contribution in [0.5, 0.6) is 0 Å². The van der Waals surface area contributed by atoms with Crippen molar-refractivity contribution in [2.75, 3.05) is 0 Å². The number of hydrogen-bond acceptors (Lipinski definition) is 5. The summed E-state index contributed by atoms with van der Waals surface area (Å²) in [6.07, 6.45) is 0.557. The molecule has 6 nitrogen and oxygen atoms in total. The van der Waals surface area contributed by atoms with Gasteiger partial charge in [0.05, 0.1) is 6.20 Å². The second-order valence-corrected chi connectivity index (χ2v) is 4.59. The van der Waals surface area contributed by atoms with E-state index in [4.69, 9.17) is 4.74 Å². The predicted molar refractivity (Wildman–Crippen MR) is 71.2 cm³/mol. The third-order valence-corrected chi connectivity index (χ3v) is 2.70. The summed E-state index contributed by atoms with van der Waals surface area (Å²) in [5.74, 6) is -0.444. The van der Waals surface area contributed by atoms with E-state index in [1.807, 2.05) is 30.3 Å². The molecular formula is C14H15N3O3. The largest absolute Gasteiger partial charge is 0.443 e. The van der Waals surface area contributed by atoms with E-state index in [-0.39, 0.29) is 24.0 Å². The van der Waals surface area contributed by atoms with Gasteiger partial charge < -0.3 is 4.74 Å². The number of nitrogens with zero attached hydrogens (tertiary/aromatic N) is 3. The van der Waals surface area contributed by atoms with E-state index >= 15 is 0 Å². The molecule has 0 fully saturated rings. The summed E-state index contributed by atoms with van der Waals surface area (Å²) in [5.41, 5.74) is 0.996. The van der Waals surface area contributed by atoms with E-state index in [1.54, 1.807) is 13.8 Å². The fraction of sp³-hybridized carbons (Fsp3) is 0.286. The van der Waals surface area contributed by atoms with E-state index in [2.05, 4.69) is 10.3 Å². The van der Waals surface area contributed by atoms with E-state index in [9.17, 15) is 9.59 Å². The molecule has 1 aromatic heterocycles. The van der Waals surface area contributed by atoms with Gasteiger partial charge in [-0.2, -0.15) is 0 Å². The lowest BCUT2D eigenvalue weighted by Crippen LogP contribution is -2.22. The zero-order valence-corrected chi connectivity index (χ0v) is 11.3. The molecule has 6 heteroatoms. The summed E-state index contributed by atoms with van der Waals surface area (Å²) in [6, 6.07) is 9.27. The molecule has 1 aromatic carbocycles. The average molecular weight is 273 g/mol. The highest BCUT2D eigenvalue weighted by Crippen LogP contribution is 2.08. The highest BCUT2D eigenvalue weighted by molar-refractivity contribution is 5.97. The Bertz CT molecular complexity index is 605. The summed E-state index contributed by atoms with van der Waals surface area (Å²) in [7, 11) is 0. The molecule has 0 saturated heterocycles.